The van der Waals surface area contributed by atoms with Gasteiger partial charge in [0.05, 0.1) is 11.3 Å². The number of carbonyl (C=O) groups excluding carboxylic acids is 1. The van der Waals surface area contributed by atoms with Gasteiger partial charge in [0.1, 0.15) is 0 Å². The molecule has 3 N–H and O–H groups in total. The molecule has 0 bridgehead atoms. The van der Waals surface area contributed by atoms with Crippen LogP contribution in [-0.2, 0) is 11.0 Å². The van der Waals surface area contributed by atoms with Crippen molar-refractivity contribution in [3.63, 3.8) is 0 Å². The lowest BCUT2D eigenvalue weighted by Crippen LogP contribution is -2.14. The molecule has 1 aromatic carbocycles. The zero-order chi connectivity index (χ0) is 12.3. The highest BCUT2D eigenvalue weighted by Crippen LogP contribution is 2.35. The fourth-order valence-electron chi connectivity index (χ4n) is 1.09. The second kappa shape index (κ2) is 4.26. The number of alkyl halides is 3. The summed E-state index contributed by atoms with van der Waals surface area (Å²) in [4.78, 5) is 10.9. The molecule has 86 valence electrons. The fourth-order valence-corrected chi connectivity index (χ4v) is 1.09. The van der Waals surface area contributed by atoms with Gasteiger partial charge in [0, 0.05) is 5.69 Å². The smallest absolute Gasteiger partial charge is 0.399 e. The lowest BCUT2D eigenvalue weighted by atomic mass is 10.1. The first-order chi connectivity index (χ1) is 7.34. The number of halogens is 3. The summed E-state index contributed by atoms with van der Waals surface area (Å²) >= 11 is 0. The SMILES string of the molecule is C=CC(=O)Nc1ccc(N)cc1C(F)(F)F. The van der Waals surface area contributed by atoms with E-state index in [1.165, 1.54) is 6.07 Å². The van der Waals surface area contributed by atoms with Crippen LogP contribution in [0.3, 0.4) is 0 Å². The molecule has 0 radical (unpaired) electrons. The molecule has 0 saturated carbocycles. The Kier molecular flexibility index (Phi) is 3.22. The highest BCUT2D eigenvalue weighted by atomic mass is 19.4. The number of hydrogen-bond acceptors (Lipinski definition) is 2. The number of rotatable bonds is 2. The molecule has 0 aromatic heterocycles. The Morgan fingerprint density at radius 1 is 1.44 bits per heavy atom. The maximum absolute atomic E-state index is 12.6. The molecular formula is C10H9F3N2O. The van der Waals surface area contributed by atoms with Gasteiger partial charge in [-0.3, -0.25) is 4.79 Å². The number of nitrogens with two attached hydrogens (primary N) is 1. The molecule has 16 heavy (non-hydrogen) atoms. The number of benzene rings is 1. The first-order valence-electron chi connectivity index (χ1n) is 4.24. The van der Waals surface area contributed by atoms with Crippen LogP contribution in [0, 0.1) is 0 Å². The van der Waals surface area contributed by atoms with Gasteiger partial charge in [-0.25, -0.2) is 0 Å². The van der Waals surface area contributed by atoms with Crippen LogP contribution in [0.25, 0.3) is 0 Å². The largest absolute Gasteiger partial charge is 0.418 e. The van der Waals surface area contributed by atoms with Crippen LogP contribution in [0.5, 0.6) is 0 Å². The van der Waals surface area contributed by atoms with E-state index < -0.39 is 17.6 Å². The fraction of sp³-hybridized carbons (Fsp3) is 0.100. The van der Waals surface area contributed by atoms with Crippen molar-refractivity contribution in [2.75, 3.05) is 11.1 Å². The van der Waals surface area contributed by atoms with Crippen LogP contribution in [0.2, 0.25) is 0 Å². The third-order valence-electron chi connectivity index (χ3n) is 1.79. The number of anilines is 2. The van der Waals surface area contributed by atoms with E-state index >= 15 is 0 Å². The van der Waals surface area contributed by atoms with E-state index in [0.29, 0.717) is 0 Å². The Hall–Kier alpha value is -1.98. The van der Waals surface area contributed by atoms with E-state index in [1.807, 2.05) is 0 Å². The number of amides is 1. The van der Waals surface area contributed by atoms with E-state index in [0.717, 1.165) is 18.2 Å². The van der Waals surface area contributed by atoms with Gasteiger partial charge in [-0.15, -0.1) is 0 Å². The number of carbonyl (C=O) groups is 1. The van der Waals surface area contributed by atoms with Crippen LogP contribution in [0.1, 0.15) is 5.56 Å². The van der Waals surface area contributed by atoms with Crippen molar-refractivity contribution in [2.24, 2.45) is 0 Å². The molecule has 0 saturated heterocycles. The van der Waals surface area contributed by atoms with Crippen LogP contribution >= 0.6 is 0 Å². The van der Waals surface area contributed by atoms with Gasteiger partial charge in [0.2, 0.25) is 5.91 Å². The van der Waals surface area contributed by atoms with Crippen molar-refractivity contribution in [1.29, 1.82) is 0 Å². The van der Waals surface area contributed by atoms with Crippen molar-refractivity contribution in [3.05, 3.63) is 36.4 Å². The van der Waals surface area contributed by atoms with Crippen molar-refractivity contribution in [2.45, 2.75) is 6.18 Å². The minimum atomic E-state index is -4.57. The highest BCUT2D eigenvalue weighted by Gasteiger charge is 2.33. The van der Waals surface area contributed by atoms with Crippen LogP contribution < -0.4 is 11.1 Å². The Morgan fingerprint density at radius 2 is 2.06 bits per heavy atom. The summed E-state index contributed by atoms with van der Waals surface area (Å²) in [7, 11) is 0. The minimum Gasteiger partial charge on any atom is -0.399 e. The number of hydrogen-bond donors (Lipinski definition) is 2. The Bertz CT molecular complexity index is 427. The first kappa shape index (κ1) is 12.1. The zero-order valence-electron chi connectivity index (χ0n) is 8.14. The van der Waals surface area contributed by atoms with Gasteiger partial charge in [-0.1, -0.05) is 6.58 Å². The summed E-state index contributed by atoms with van der Waals surface area (Å²) < 4.78 is 37.7. The van der Waals surface area contributed by atoms with E-state index in [9.17, 15) is 18.0 Å². The molecule has 0 fully saturated rings. The summed E-state index contributed by atoms with van der Waals surface area (Å²) in [5, 5.41) is 2.06. The topological polar surface area (TPSA) is 55.1 Å². The predicted octanol–water partition coefficient (Wildman–Crippen LogP) is 2.41. The average Bonchev–Trinajstić information content (AvgIpc) is 2.19. The monoisotopic (exact) mass is 230 g/mol. The van der Waals surface area contributed by atoms with E-state index in [2.05, 4.69) is 11.9 Å². The molecular weight excluding hydrogens is 221 g/mol. The molecule has 0 aliphatic rings. The van der Waals surface area contributed by atoms with Gasteiger partial charge in [-0.05, 0) is 24.3 Å². The maximum Gasteiger partial charge on any atom is 0.418 e. The first-order valence-corrected chi connectivity index (χ1v) is 4.24. The maximum atomic E-state index is 12.6. The zero-order valence-corrected chi connectivity index (χ0v) is 8.14. The molecule has 0 spiro atoms. The Labute approximate surface area is 89.7 Å². The van der Waals surface area contributed by atoms with Crippen LogP contribution in [0.15, 0.2) is 30.9 Å². The van der Waals surface area contributed by atoms with Crippen molar-refractivity contribution in [3.8, 4) is 0 Å². The third kappa shape index (κ3) is 2.75. The van der Waals surface area contributed by atoms with Gasteiger partial charge in [-0.2, -0.15) is 13.2 Å². The molecule has 0 heterocycles. The van der Waals surface area contributed by atoms with Gasteiger partial charge < -0.3 is 11.1 Å². The van der Waals surface area contributed by atoms with Gasteiger partial charge in [0.25, 0.3) is 0 Å². The molecule has 1 aromatic rings. The van der Waals surface area contributed by atoms with Gasteiger partial charge >= 0.3 is 6.18 Å². The highest BCUT2D eigenvalue weighted by molar-refractivity contribution is 5.99. The lowest BCUT2D eigenvalue weighted by molar-refractivity contribution is -0.136. The standard InChI is InChI=1S/C10H9F3N2O/c1-2-9(16)15-8-4-3-6(14)5-7(8)10(11,12)13/h2-5H,1,14H2,(H,15,16). The third-order valence-corrected chi connectivity index (χ3v) is 1.79. The van der Waals surface area contributed by atoms with Crippen molar-refractivity contribution < 1.29 is 18.0 Å². The normalized spacial score (nSPS) is 10.9. The summed E-state index contributed by atoms with van der Waals surface area (Å²) in [6.07, 6.45) is -3.68. The summed E-state index contributed by atoms with van der Waals surface area (Å²) in [5.74, 6) is -0.713. The lowest BCUT2D eigenvalue weighted by Gasteiger charge is -2.13. The van der Waals surface area contributed by atoms with E-state index in [4.69, 9.17) is 5.73 Å². The summed E-state index contributed by atoms with van der Waals surface area (Å²) in [5.41, 5.74) is 3.91. The van der Waals surface area contributed by atoms with E-state index in [-0.39, 0.29) is 11.4 Å². The molecule has 3 nitrogen and oxygen atoms in total. The van der Waals surface area contributed by atoms with Crippen molar-refractivity contribution in [1.82, 2.24) is 0 Å². The molecule has 0 aliphatic heterocycles. The van der Waals surface area contributed by atoms with Crippen LogP contribution in [0.4, 0.5) is 24.5 Å². The average molecular weight is 230 g/mol. The molecule has 0 atom stereocenters. The number of nitrogen functional groups attached to an aromatic ring is 1. The second-order valence-corrected chi connectivity index (χ2v) is 3.00. The Balaban J connectivity index is 3.18. The molecule has 6 heteroatoms. The number of nitrogens with one attached hydrogen (secondary N) is 1. The van der Waals surface area contributed by atoms with Gasteiger partial charge in [0.15, 0.2) is 0 Å². The second-order valence-electron chi connectivity index (χ2n) is 3.00. The molecule has 1 rings (SSSR count). The predicted molar refractivity (Wildman–Crippen MR) is 54.7 cm³/mol. The van der Waals surface area contributed by atoms with E-state index in [1.54, 1.807) is 0 Å². The summed E-state index contributed by atoms with van der Waals surface area (Å²) in [6.45, 7) is 3.15. The summed E-state index contributed by atoms with van der Waals surface area (Å²) in [6, 6.07) is 3.13. The minimum absolute atomic E-state index is 0.0241. The molecule has 0 unspecified atom stereocenters. The molecule has 1 amide bonds. The Morgan fingerprint density at radius 3 is 2.56 bits per heavy atom. The quantitative estimate of drug-likeness (QED) is 0.605. The van der Waals surface area contributed by atoms with Crippen molar-refractivity contribution >= 4 is 17.3 Å². The molecule has 0 aliphatic carbocycles. The van der Waals surface area contributed by atoms with Crippen LogP contribution in [-0.4, -0.2) is 5.91 Å².